The molecule has 27 heteroatoms. The van der Waals surface area contributed by atoms with Crippen LogP contribution in [0.25, 0.3) is 0 Å². The molecule has 2 aromatic rings. The van der Waals surface area contributed by atoms with Gasteiger partial charge in [0.1, 0.15) is 66.5 Å². The fraction of sp³-hybridized carbons (Fsp3) is 0.613. The van der Waals surface area contributed by atoms with E-state index in [-0.39, 0.29) is 19.3 Å². The quantitative estimate of drug-likeness (QED) is 0.0375. The van der Waals surface area contributed by atoms with Crippen LogP contribution in [0.15, 0.2) is 54.6 Å². The fourth-order valence-electron chi connectivity index (χ4n) is 9.50. The third-order valence-electron chi connectivity index (χ3n) is 16.3. The third-order valence-corrected chi connectivity index (χ3v) is 16.3. The van der Waals surface area contributed by atoms with Crippen LogP contribution in [0.5, 0.6) is 0 Å². The molecule has 1 aliphatic heterocycles. The number of carbonyl (C=O) groups is 12. The van der Waals surface area contributed by atoms with Gasteiger partial charge in [0.2, 0.25) is 65.0 Å². The molecular formula is C62H96N12O15. The molecule has 0 bridgehead atoms. The van der Waals surface area contributed by atoms with E-state index < -0.39 is 193 Å². The van der Waals surface area contributed by atoms with Crippen LogP contribution in [0.2, 0.25) is 0 Å². The van der Waals surface area contributed by atoms with E-state index in [1.165, 1.54) is 13.8 Å². The minimum Gasteiger partial charge on any atom is -0.458 e. The van der Waals surface area contributed by atoms with Gasteiger partial charge in [-0.15, -0.1) is 0 Å². The first-order valence-corrected chi connectivity index (χ1v) is 30.6. The van der Waals surface area contributed by atoms with Gasteiger partial charge in [0, 0.05) is 12.8 Å². The largest absolute Gasteiger partial charge is 0.458 e. The molecule has 27 nitrogen and oxygen atoms in total. The predicted molar refractivity (Wildman–Crippen MR) is 329 cm³/mol. The lowest BCUT2D eigenvalue weighted by Gasteiger charge is -2.31. The van der Waals surface area contributed by atoms with E-state index in [1.54, 1.807) is 74.6 Å². The first-order chi connectivity index (χ1) is 42.1. The molecule has 0 unspecified atom stereocenters. The average Bonchev–Trinajstić information content (AvgIpc) is 3.87. The van der Waals surface area contributed by atoms with Crippen molar-refractivity contribution in [2.45, 2.75) is 200 Å². The van der Waals surface area contributed by atoms with Crippen molar-refractivity contribution >= 4 is 70.9 Å². The van der Waals surface area contributed by atoms with Crippen LogP contribution < -0.4 is 64.2 Å². The van der Waals surface area contributed by atoms with Crippen molar-refractivity contribution in [1.82, 2.24) is 58.5 Å². The number of cyclic esters (lactones) is 1. The summed E-state index contributed by atoms with van der Waals surface area (Å²) in [6.45, 7) is 16.1. The van der Waals surface area contributed by atoms with Crippen molar-refractivity contribution in [1.29, 1.82) is 0 Å². The Labute approximate surface area is 521 Å². The zero-order valence-electron chi connectivity index (χ0n) is 53.3. The summed E-state index contributed by atoms with van der Waals surface area (Å²) in [7, 11) is 1.60. The van der Waals surface area contributed by atoms with Crippen LogP contribution in [-0.2, 0) is 75.1 Å². The SMILES string of the molecule is CC[C@@H](C)[C@@H](NC(=O)[C@@H](CCC(N)=O)NC(=O)[C@H](CO)NC(=O)[C@@H](NC(=O)[C@@H](Cc1ccccc1)NC)[C@@H](C)CC)C(=O)N[C@H](C(=O)N[C@@H](CO)C(=O)N[C@H]1C(=O)N[C@@H](C)C(=O)N[C@@H](Cc2ccc(C)cc2)C(=O)N[C@@H]([C@@H](C)CC)C(=O)O[C@H]1C)[C@@H](C)CC. The van der Waals surface area contributed by atoms with Crippen molar-refractivity contribution in [2.75, 3.05) is 20.3 Å². The Hall–Kier alpha value is -8.04. The summed E-state index contributed by atoms with van der Waals surface area (Å²) in [4.78, 5) is 166. The zero-order chi connectivity index (χ0) is 66.8. The van der Waals surface area contributed by atoms with Crippen LogP contribution in [0.4, 0.5) is 0 Å². The van der Waals surface area contributed by atoms with Crippen molar-refractivity contribution in [2.24, 2.45) is 29.4 Å². The van der Waals surface area contributed by atoms with Gasteiger partial charge in [-0.3, -0.25) is 52.7 Å². The Morgan fingerprint density at radius 3 is 1.52 bits per heavy atom. The summed E-state index contributed by atoms with van der Waals surface area (Å²) in [6.07, 6.45) is -0.666. The van der Waals surface area contributed by atoms with E-state index in [1.807, 2.05) is 49.4 Å². The molecule has 0 spiro atoms. The van der Waals surface area contributed by atoms with Gasteiger partial charge in [-0.05, 0) is 75.5 Å². The number of aliphatic hydroxyl groups excluding tert-OH is 2. The van der Waals surface area contributed by atoms with Gasteiger partial charge in [-0.25, -0.2) is 4.79 Å². The second-order valence-corrected chi connectivity index (χ2v) is 23.2. The molecule has 0 aromatic heterocycles. The summed E-state index contributed by atoms with van der Waals surface area (Å²) in [6, 6.07) is 1.00. The highest BCUT2D eigenvalue weighted by atomic mass is 16.5. The number of nitrogens with two attached hydrogens (primary N) is 1. The maximum atomic E-state index is 14.4. The molecule has 89 heavy (non-hydrogen) atoms. The normalized spacial score (nSPS) is 21.0. The molecule has 0 aliphatic carbocycles. The fourth-order valence-corrected chi connectivity index (χ4v) is 9.50. The highest BCUT2D eigenvalue weighted by Crippen LogP contribution is 2.18. The Bertz CT molecular complexity index is 2740. The number of hydrogen-bond donors (Lipinski definition) is 14. The predicted octanol–water partition coefficient (Wildman–Crippen LogP) is -1.38. The monoisotopic (exact) mass is 1250 g/mol. The van der Waals surface area contributed by atoms with Gasteiger partial charge in [0.25, 0.3) is 0 Å². The molecule has 15 N–H and O–H groups in total. The summed E-state index contributed by atoms with van der Waals surface area (Å²) in [5.41, 5.74) is 7.97. The van der Waals surface area contributed by atoms with Crippen LogP contribution >= 0.6 is 0 Å². The standard InChI is InChI=1S/C62H96N12O15/c1-13-33(6)47(71-54(80)42(64-12)28-39-20-18-17-19-21-39)58(84)68-44(30-75)56(82)66-41(26-27-46(63)77)53(79)70-49(35(8)15-3)60(86)72-48(34(7)14-2)59(85)69-45(31-76)57(83)74-51-38(11)89-62(88)50(36(9)16-4)73-55(81)43(29-40-24-22-32(5)23-25-40)67-52(78)37(10)65-61(51)87/h17-25,33-38,41-45,47-51,64,75-76H,13-16,26-31H2,1-12H3,(H2,63,77)(H,65,87)(H,66,82)(H,67,78)(H,68,84)(H,69,85)(H,70,79)(H,71,80)(H,72,86)(H,73,81)(H,74,83)/t33-,34-,35+,36-,37-,38-,41+,42+,43-,44-,45-,47-,48-,49+,50-,51+/m0/s1. The molecule has 1 aliphatic rings. The number of hydrogen-bond acceptors (Lipinski definition) is 16. The number of likely N-dealkylation sites (N-methyl/N-ethyl adjacent to an activating group) is 1. The van der Waals surface area contributed by atoms with Gasteiger partial charge < -0.3 is 79.2 Å². The lowest BCUT2D eigenvalue weighted by Crippen LogP contribution is -2.63. The number of aliphatic hydroxyl groups is 2. The maximum Gasteiger partial charge on any atom is 0.329 e. The molecule has 3 rings (SSSR count). The molecule has 0 radical (unpaired) electrons. The number of esters is 1. The van der Waals surface area contributed by atoms with Crippen molar-refractivity contribution in [3.05, 3.63) is 71.3 Å². The summed E-state index contributed by atoms with van der Waals surface area (Å²) < 4.78 is 5.76. The lowest BCUT2D eigenvalue weighted by atomic mass is 9.94. The van der Waals surface area contributed by atoms with Crippen LogP contribution in [0.3, 0.4) is 0 Å². The highest BCUT2D eigenvalue weighted by molar-refractivity contribution is 5.99. The van der Waals surface area contributed by atoms with Crippen molar-refractivity contribution in [3.8, 4) is 0 Å². The van der Waals surface area contributed by atoms with Gasteiger partial charge in [-0.1, -0.05) is 141 Å². The molecule has 16 atom stereocenters. The van der Waals surface area contributed by atoms with Gasteiger partial charge in [-0.2, -0.15) is 0 Å². The number of primary amides is 1. The zero-order valence-corrected chi connectivity index (χ0v) is 53.3. The molecule has 1 fully saturated rings. The van der Waals surface area contributed by atoms with E-state index >= 15 is 0 Å². The minimum absolute atomic E-state index is 0.0274. The Morgan fingerprint density at radius 2 is 1.03 bits per heavy atom. The molecule has 1 heterocycles. The van der Waals surface area contributed by atoms with Crippen LogP contribution in [0, 0.1) is 30.6 Å². The second-order valence-electron chi connectivity index (χ2n) is 23.2. The summed E-state index contributed by atoms with van der Waals surface area (Å²) in [5, 5.41) is 49.6. The topological polar surface area (TPSA) is 413 Å². The average molecular weight is 1250 g/mol. The van der Waals surface area contributed by atoms with Crippen molar-refractivity contribution in [3.63, 3.8) is 0 Å². The van der Waals surface area contributed by atoms with E-state index in [0.29, 0.717) is 24.8 Å². The number of ether oxygens (including phenoxy) is 1. The number of benzene rings is 2. The third kappa shape index (κ3) is 23.1. The number of rotatable bonds is 32. The molecule has 494 valence electrons. The Morgan fingerprint density at radius 1 is 0.562 bits per heavy atom. The second kappa shape index (κ2) is 37.1. The van der Waals surface area contributed by atoms with E-state index in [4.69, 9.17) is 10.5 Å². The lowest BCUT2D eigenvalue weighted by molar-refractivity contribution is -0.157. The van der Waals surface area contributed by atoms with Crippen molar-refractivity contribution < 1.29 is 72.5 Å². The highest BCUT2D eigenvalue weighted by Gasteiger charge is 2.41. The number of carbonyl (C=O) groups excluding carboxylic acids is 12. The van der Waals surface area contributed by atoms with E-state index in [0.717, 1.165) is 11.1 Å². The number of aryl methyl sites for hydroxylation is 1. The molecule has 11 amide bonds. The minimum atomic E-state index is -1.82. The Kier molecular flexibility index (Phi) is 31.3. The molecule has 2 aromatic carbocycles. The van der Waals surface area contributed by atoms with Gasteiger partial charge in [0.15, 0.2) is 0 Å². The Balaban J connectivity index is 1.86. The molecule has 0 saturated carbocycles. The van der Waals surface area contributed by atoms with Crippen LogP contribution in [-0.4, -0.2) is 174 Å². The maximum absolute atomic E-state index is 14.4. The molecular weight excluding hydrogens is 1150 g/mol. The van der Waals surface area contributed by atoms with Crippen LogP contribution in [0.1, 0.15) is 124 Å². The number of nitrogens with one attached hydrogen (secondary N) is 11. The molecule has 1 saturated heterocycles. The number of amides is 11. The van der Waals surface area contributed by atoms with Gasteiger partial charge in [0.05, 0.1) is 19.3 Å². The van der Waals surface area contributed by atoms with Gasteiger partial charge >= 0.3 is 5.97 Å². The van der Waals surface area contributed by atoms with E-state index in [2.05, 4.69) is 58.5 Å². The van der Waals surface area contributed by atoms with E-state index in [9.17, 15) is 67.7 Å². The summed E-state index contributed by atoms with van der Waals surface area (Å²) >= 11 is 0. The first kappa shape index (κ1) is 75.2. The summed E-state index contributed by atoms with van der Waals surface area (Å²) in [5.74, 6) is -13.0. The smallest absolute Gasteiger partial charge is 0.329 e. The first-order valence-electron chi connectivity index (χ1n) is 30.6.